The topological polar surface area (TPSA) is 0 Å². The van der Waals surface area contributed by atoms with Crippen molar-refractivity contribution in [3.63, 3.8) is 0 Å². The molecule has 1 nitrogen and oxygen atoms in total. The lowest BCUT2D eigenvalue weighted by Gasteiger charge is -2.30. The van der Waals surface area contributed by atoms with Crippen molar-refractivity contribution in [2.24, 2.45) is 5.92 Å². The Morgan fingerprint density at radius 3 is 2.00 bits per heavy atom. The molecule has 0 aliphatic rings. The first-order chi connectivity index (χ1) is 4.98. The lowest BCUT2D eigenvalue weighted by molar-refractivity contribution is -0.890. The zero-order chi connectivity index (χ0) is 8.91. The summed E-state index contributed by atoms with van der Waals surface area (Å²) in [5.74, 6) is 0.851. The van der Waals surface area contributed by atoms with Crippen LogP contribution >= 0.6 is 0 Å². The molecule has 0 fully saturated rings. The molecule has 0 heterocycles. The van der Waals surface area contributed by atoms with E-state index in [4.69, 9.17) is 0 Å². The van der Waals surface area contributed by atoms with Gasteiger partial charge in [-0.25, -0.2) is 0 Å². The molecule has 11 heavy (non-hydrogen) atoms. The van der Waals surface area contributed by atoms with E-state index in [1.165, 1.54) is 30.4 Å². The third-order valence-corrected chi connectivity index (χ3v) is 2.14. The van der Waals surface area contributed by atoms with Crippen molar-refractivity contribution in [3.8, 4) is 0 Å². The molecule has 0 unspecified atom stereocenters. The van der Waals surface area contributed by atoms with Gasteiger partial charge in [0.15, 0.2) is 0 Å². The second kappa shape index (κ2) is 4.76. The molecule has 0 saturated carbocycles. The summed E-state index contributed by atoms with van der Waals surface area (Å²) >= 11 is 0. The van der Waals surface area contributed by atoms with E-state index in [9.17, 15) is 0 Å². The average molecular weight is 158 g/mol. The zero-order valence-corrected chi connectivity index (χ0v) is 8.85. The average Bonchev–Trinajstić information content (AvgIpc) is 1.84. The van der Waals surface area contributed by atoms with Gasteiger partial charge in [0, 0.05) is 0 Å². The Kier molecular flexibility index (Phi) is 4.74. The summed E-state index contributed by atoms with van der Waals surface area (Å²) in [5.41, 5.74) is 0. The highest BCUT2D eigenvalue weighted by molar-refractivity contribution is 4.43. The van der Waals surface area contributed by atoms with Crippen LogP contribution in [0.15, 0.2) is 0 Å². The second-order valence-corrected chi connectivity index (χ2v) is 4.57. The van der Waals surface area contributed by atoms with E-state index >= 15 is 0 Å². The molecule has 0 rings (SSSR count). The minimum atomic E-state index is 0.851. The standard InChI is InChI=1S/C10H24N/c1-6-8-11(4,5)9-7-10(2)3/h10H,6-9H2,1-5H3/q+1. The fourth-order valence-corrected chi connectivity index (χ4v) is 1.32. The predicted octanol–water partition coefficient (Wildman–Crippen LogP) is 2.52. The molecule has 1 heteroatoms. The Bertz CT molecular complexity index is 95.0. The molecule has 0 aromatic carbocycles. The number of quaternary nitrogens is 1. The smallest absolute Gasteiger partial charge is 0.0784 e. The summed E-state index contributed by atoms with van der Waals surface area (Å²) < 4.78 is 1.19. The summed E-state index contributed by atoms with van der Waals surface area (Å²) in [6.07, 6.45) is 2.65. The summed E-state index contributed by atoms with van der Waals surface area (Å²) in [5, 5.41) is 0. The Balaban J connectivity index is 3.54. The quantitative estimate of drug-likeness (QED) is 0.539. The van der Waals surface area contributed by atoms with Crippen LogP contribution < -0.4 is 0 Å². The molecule has 68 valence electrons. The molecule has 0 N–H and O–H groups in total. The van der Waals surface area contributed by atoms with Crippen molar-refractivity contribution >= 4 is 0 Å². The lowest BCUT2D eigenvalue weighted by atomic mass is 10.1. The van der Waals surface area contributed by atoms with Crippen molar-refractivity contribution in [2.45, 2.75) is 33.6 Å². The zero-order valence-electron chi connectivity index (χ0n) is 8.85. The first-order valence-electron chi connectivity index (χ1n) is 4.80. The summed E-state index contributed by atoms with van der Waals surface area (Å²) in [6, 6.07) is 0. The maximum Gasteiger partial charge on any atom is 0.0784 e. The van der Waals surface area contributed by atoms with Crippen molar-refractivity contribution in [1.82, 2.24) is 0 Å². The van der Waals surface area contributed by atoms with Crippen molar-refractivity contribution in [1.29, 1.82) is 0 Å². The predicted molar refractivity (Wildman–Crippen MR) is 51.6 cm³/mol. The van der Waals surface area contributed by atoms with Gasteiger partial charge in [0.1, 0.15) is 0 Å². The van der Waals surface area contributed by atoms with E-state index in [0.29, 0.717) is 0 Å². The van der Waals surface area contributed by atoms with E-state index in [0.717, 1.165) is 5.92 Å². The van der Waals surface area contributed by atoms with Crippen molar-refractivity contribution < 1.29 is 4.48 Å². The monoisotopic (exact) mass is 158 g/mol. The third kappa shape index (κ3) is 6.36. The molecule has 0 spiro atoms. The van der Waals surface area contributed by atoms with Crippen LogP contribution in [-0.2, 0) is 0 Å². The molecule has 0 radical (unpaired) electrons. The number of hydrogen-bond donors (Lipinski definition) is 0. The van der Waals surface area contributed by atoms with Gasteiger partial charge in [-0.15, -0.1) is 0 Å². The highest BCUT2D eigenvalue weighted by Crippen LogP contribution is 2.06. The molecular formula is C10H24N+. The van der Waals surface area contributed by atoms with Gasteiger partial charge in [0.2, 0.25) is 0 Å². The van der Waals surface area contributed by atoms with E-state index in [2.05, 4.69) is 34.9 Å². The third-order valence-electron chi connectivity index (χ3n) is 2.14. The number of rotatable bonds is 5. The first kappa shape index (κ1) is 11.0. The van der Waals surface area contributed by atoms with Crippen LogP contribution in [0.5, 0.6) is 0 Å². The van der Waals surface area contributed by atoms with Crippen LogP contribution in [-0.4, -0.2) is 31.7 Å². The highest BCUT2D eigenvalue weighted by Gasteiger charge is 2.13. The summed E-state index contributed by atoms with van der Waals surface area (Å²) in [7, 11) is 4.65. The largest absolute Gasteiger partial charge is 0.328 e. The van der Waals surface area contributed by atoms with E-state index in [1.807, 2.05) is 0 Å². The van der Waals surface area contributed by atoms with Crippen LogP contribution in [0.2, 0.25) is 0 Å². The molecule has 0 atom stereocenters. The number of nitrogens with zero attached hydrogens (tertiary/aromatic N) is 1. The van der Waals surface area contributed by atoms with Crippen LogP contribution in [0.25, 0.3) is 0 Å². The van der Waals surface area contributed by atoms with Crippen LogP contribution in [0.4, 0.5) is 0 Å². The molecule has 0 aromatic rings. The van der Waals surface area contributed by atoms with Gasteiger partial charge in [-0.05, 0) is 18.8 Å². The van der Waals surface area contributed by atoms with Gasteiger partial charge in [-0.1, -0.05) is 20.8 Å². The molecule has 0 saturated heterocycles. The fraction of sp³-hybridized carbons (Fsp3) is 1.00. The Labute approximate surface area is 72.0 Å². The minimum Gasteiger partial charge on any atom is -0.328 e. The molecule has 0 amide bonds. The van der Waals surface area contributed by atoms with Crippen LogP contribution in [0, 0.1) is 5.92 Å². The maximum absolute atomic E-state index is 2.33. The molecule has 0 aliphatic heterocycles. The van der Waals surface area contributed by atoms with E-state index in [1.54, 1.807) is 0 Å². The van der Waals surface area contributed by atoms with E-state index in [-0.39, 0.29) is 0 Å². The van der Waals surface area contributed by atoms with Crippen molar-refractivity contribution in [3.05, 3.63) is 0 Å². The summed E-state index contributed by atoms with van der Waals surface area (Å²) in [4.78, 5) is 0. The lowest BCUT2D eigenvalue weighted by Crippen LogP contribution is -2.41. The molecule has 0 aliphatic carbocycles. The Hall–Kier alpha value is -0.0400. The SMILES string of the molecule is CCC[N+](C)(C)CCC(C)C. The van der Waals surface area contributed by atoms with Gasteiger partial charge in [-0.3, -0.25) is 0 Å². The fourth-order valence-electron chi connectivity index (χ4n) is 1.32. The van der Waals surface area contributed by atoms with Gasteiger partial charge in [0.25, 0.3) is 0 Å². The van der Waals surface area contributed by atoms with E-state index < -0.39 is 0 Å². The molecule has 0 bridgehead atoms. The maximum atomic E-state index is 2.33. The van der Waals surface area contributed by atoms with Crippen LogP contribution in [0.3, 0.4) is 0 Å². The highest BCUT2D eigenvalue weighted by atomic mass is 15.3. The summed E-state index contributed by atoms with van der Waals surface area (Å²) in [6.45, 7) is 9.49. The molecular weight excluding hydrogens is 134 g/mol. The second-order valence-electron chi connectivity index (χ2n) is 4.57. The van der Waals surface area contributed by atoms with Gasteiger partial charge in [0.05, 0.1) is 27.2 Å². The number of hydrogen-bond acceptors (Lipinski definition) is 0. The van der Waals surface area contributed by atoms with Crippen LogP contribution in [0.1, 0.15) is 33.6 Å². The Morgan fingerprint density at radius 1 is 1.09 bits per heavy atom. The minimum absolute atomic E-state index is 0.851. The van der Waals surface area contributed by atoms with Crippen molar-refractivity contribution in [2.75, 3.05) is 27.2 Å². The first-order valence-corrected chi connectivity index (χ1v) is 4.80. The normalized spacial score (nSPS) is 12.5. The molecule has 0 aromatic heterocycles. The van der Waals surface area contributed by atoms with Gasteiger partial charge in [-0.2, -0.15) is 0 Å². The Morgan fingerprint density at radius 2 is 1.64 bits per heavy atom. The van der Waals surface area contributed by atoms with Gasteiger partial charge >= 0.3 is 0 Å². The van der Waals surface area contributed by atoms with Gasteiger partial charge < -0.3 is 4.48 Å².